The van der Waals surface area contributed by atoms with Crippen molar-refractivity contribution in [2.75, 3.05) is 32.0 Å². The number of amides is 2. The molecule has 6 nitrogen and oxygen atoms in total. The number of nitrogens with zero attached hydrogens (tertiary/aromatic N) is 2. The molecule has 1 aliphatic heterocycles. The van der Waals surface area contributed by atoms with Gasteiger partial charge in [-0.15, -0.1) is 12.4 Å². The van der Waals surface area contributed by atoms with E-state index in [-0.39, 0.29) is 30.1 Å². The van der Waals surface area contributed by atoms with Crippen LogP contribution in [-0.2, 0) is 9.59 Å². The first-order chi connectivity index (χ1) is 10.1. The van der Waals surface area contributed by atoms with Gasteiger partial charge in [0.05, 0.1) is 12.5 Å². The van der Waals surface area contributed by atoms with Crippen LogP contribution in [0.25, 0.3) is 0 Å². The number of anilines is 1. The first kappa shape index (κ1) is 18.9. The average Bonchev–Trinajstić information content (AvgIpc) is 2.50. The highest BCUT2D eigenvalue weighted by Gasteiger charge is 2.28. The summed E-state index contributed by atoms with van der Waals surface area (Å²) in [6.45, 7) is 1.51. The van der Waals surface area contributed by atoms with Crippen LogP contribution in [0.3, 0.4) is 0 Å². The summed E-state index contributed by atoms with van der Waals surface area (Å²) >= 11 is 3.30. The first-order valence-corrected chi connectivity index (χ1v) is 7.74. The molecule has 1 saturated heterocycles. The molecule has 2 heterocycles. The van der Waals surface area contributed by atoms with E-state index in [1.54, 1.807) is 24.2 Å². The maximum absolute atomic E-state index is 12.3. The zero-order valence-electron chi connectivity index (χ0n) is 12.3. The molecule has 1 aliphatic rings. The average molecular weight is 392 g/mol. The number of pyridine rings is 1. The highest BCUT2D eigenvalue weighted by atomic mass is 79.9. The van der Waals surface area contributed by atoms with Crippen LogP contribution in [0, 0.1) is 5.92 Å². The number of nitrogens with one attached hydrogen (secondary N) is 2. The number of rotatable bonds is 4. The van der Waals surface area contributed by atoms with Crippen molar-refractivity contribution in [3.05, 3.63) is 22.8 Å². The Morgan fingerprint density at radius 2 is 2.23 bits per heavy atom. The van der Waals surface area contributed by atoms with Crippen molar-refractivity contribution in [1.29, 1.82) is 0 Å². The third kappa shape index (κ3) is 5.23. The summed E-state index contributed by atoms with van der Waals surface area (Å²) in [7, 11) is 1.74. The molecule has 22 heavy (non-hydrogen) atoms. The van der Waals surface area contributed by atoms with E-state index in [1.165, 1.54) is 0 Å². The van der Waals surface area contributed by atoms with Gasteiger partial charge in [0.2, 0.25) is 11.8 Å². The first-order valence-electron chi connectivity index (χ1n) is 6.95. The summed E-state index contributed by atoms with van der Waals surface area (Å²) in [6.07, 6.45) is 3.28. The van der Waals surface area contributed by atoms with E-state index in [1.807, 2.05) is 6.07 Å². The van der Waals surface area contributed by atoms with Crippen LogP contribution >= 0.6 is 28.3 Å². The number of aromatic nitrogens is 1. The lowest BCUT2D eigenvalue weighted by Crippen LogP contribution is -2.46. The van der Waals surface area contributed by atoms with Crippen molar-refractivity contribution >= 4 is 46.0 Å². The molecule has 0 spiro atoms. The van der Waals surface area contributed by atoms with Gasteiger partial charge in [-0.3, -0.25) is 9.59 Å². The maximum Gasteiger partial charge on any atom is 0.236 e. The molecular formula is C14H20BrClN4O2. The fourth-order valence-electron chi connectivity index (χ4n) is 2.36. The molecule has 1 atom stereocenters. The molecule has 0 radical (unpaired) electrons. The van der Waals surface area contributed by atoms with Crippen LogP contribution in [0.15, 0.2) is 22.8 Å². The summed E-state index contributed by atoms with van der Waals surface area (Å²) in [5.41, 5.74) is 0. The Balaban J connectivity index is 0.00000242. The number of hydrogen-bond donors (Lipinski definition) is 2. The van der Waals surface area contributed by atoms with Crippen molar-refractivity contribution in [2.24, 2.45) is 5.92 Å². The maximum atomic E-state index is 12.3. The largest absolute Gasteiger partial charge is 0.341 e. The Morgan fingerprint density at radius 3 is 2.86 bits per heavy atom. The van der Waals surface area contributed by atoms with Gasteiger partial charge in [0.15, 0.2) is 0 Å². The summed E-state index contributed by atoms with van der Waals surface area (Å²) < 4.78 is 0.863. The van der Waals surface area contributed by atoms with Crippen LogP contribution in [-0.4, -0.2) is 48.4 Å². The lowest BCUT2D eigenvalue weighted by atomic mass is 9.97. The van der Waals surface area contributed by atoms with Gasteiger partial charge in [-0.2, -0.15) is 0 Å². The summed E-state index contributed by atoms with van der Waals surface area (Å²) in [5.74, 6) is 0.315. The van der Waals surface area contributed by atoms with Crippen molar-refractivity contribution in [3.63, 3.8) is 0 Å². The Morgan fingerprint density at radius 1 is 1.45 bits per heavy atom. The Bertz CT molecular complexity index is 512. The van der Waals surface area contributed by atoms with E-state index in [2.05, 4.69) is 31.5 Å². The topological polar surface area (TPSA) is 74.3 Å². The smallest absolute Gasteiger partial charge is 0.236 e. The molecule has 0 saturated carbocycles. The van der Waals surface area contributed by atoms with Gasteiger partial charge in [-0.1, -0.05) is 0 Å². The van der Waals surface area contributed by atoms with Gasteiger partial charge >= 0.3 is 0 Å². The van der Waals surface area contributed by atoms with Gasteiger partial charge in [0.25, 0.3) is 0 Å². The minimum absolute atomic E-state index is 0. The SMILES string of the molecule is CNCC(=O)N1CCCC(C(=O)Nc2ccc(Br)cn2)C1.Cl. The summed E-state index contributed by atoms with van der Waals surface area (Å²) in [6, 6.07) is 3.57. The van der Waals surface area contributed by atoms with Gasteiger partial charge in [-0.05, 0) is 48.0 Å². The second-order valence-corrected chi connectivity index (χ2v) is 5.98. The number of carbonyl (C=O) groups excluding carboxylic acids is 2. The van der Waals surface area contributed by atoms with E-state index in [0.29, 0.717) is 18.9 Å². The molecule has 8 heteroatoms. The molecular weight excluding hydrogens is 372 g/mol. The van der Waals surface area contributed by atoms with Crippen LogP contribution in [0.2, 0.25) is 0 Å². The van der Waals surface area contributed by atoms with Gasteiger partial charge in [0, 0.05) is 23.8 Å². The molecule has 1 unspecified atom stereocenters. The molecule has 2 N–H and O–H groups in total. The molecule has 0 bridgehead atoms. The quantitative estimate of drug-likeness (QED) is 0.819. The van der Waals surface area contributed by atoms with Gasteiger partial charge in [-0.25, -0.2) is 4.98 Å². The predicted octanol–water partition coefficient (Wildman–Crippen LogP) is 1.66. The van der Waals surface area contributed by atoms with E-state index < -0.39 is 0 Å². The zero-order valence-corrected chi connectivity index (χ0v) is 14.7. The van der Waals surface area contributed by atoms with Crippen LogP contribution < -0.4 is 10.6 Å². The van der Waals surface area contributed by atoms with Crippen molar-refractivity contribution in [1.82, 2.24) is 15.2 Å². The molecule has 2 amide bonds. The van der Waals surface area contributed by atoms with Crippen LogP contribution in [0.5, 0.6) is 0 Å². The van der Waals surface area contributed by atoms with Crippen molar-refractivity contribution in [2.45, 2.75) is 12.8 Å². The molecule has 0 aromatic carbocycles. The number of piperidine rings is 1. The number of halogens is 2. The second kappa shape index (κ2) is 9.07. The predicted molar refractivity (Wildman–Crippen MR) is 91.0 cm³/mol. The second-order valence-electron chi connectivity index (χ2n) is 5.06. The molecule has 1 fully saturated rings. The lowest BCUT2D eigenvalue weighted by molar-refractivity contribution is -0.133. The minimum atomic E-state index is -0.176. The van der Waals surface area contributed by atoms with Crippen molar-refractivity contribution < 1.29 is 9.59 Å². The van der Waals surface area contributed by atoms with E-state index in [9.17, 15) is 9.59 Å². The Hall–Kier alpha value is -1.18. The number of carbonyl (C=O) groups is 2. The summed E-state index contributed by atoms with van der Waals surface area (Å²) in [5, 5.41) is 5.65. The fraction of sp³-hybridized carbons (Fsp3) is 0.500. The highest BCUT2D eigenvalue weighted by Crippen LogP contribution is 2.19. The van der Waals surface area contributed by atoms with Crippen LogP contribution in [0.4, 0.5) is 5.82 Å². The van der Waals surface area contributed by atoms with Gasteiger partial charge in [0.1, 0.15) is 5.82 Å². The zero-order chi connectivity index (χ0) is 15.2. The normalized spacial score (nSPS) is 17.5. The Labute approximate surface area is 144 Å². The number of likely N-dealkylation sites (N-methyl/N-ethyl adjacent to an activating group) is 1. The van der Waals surface area contributed by atoms with Crippen LogP contribution in [0.1, 0.15) is 12.8 Å². The molecule has 0 aliphatic carbocycles. The third-order valence-electron chi connectivity index (χ3n) is 3.45. The number of hydrogen-bond acceptors (Lipinski definition) is 4. The van der Waals surface area contributed by atoms with E-state index in [0.717, 1.165) is 23.9 Å². The van der Waals surface area contributed by atoms with E-state index >= 15 is 0 Å². The molecule has 122 valence electrons. The standard InChI is InChI=1S/C14H19BrN4O2.ClH/c1-16-8-13(20)19-6-2-3-10(9-19)14(21)18-12-5-4-11(15)7-17-12;/h4-5,7,10,16H,2-3,6,8-9H2,1H3,(H,17,18,21);1H. The van der Waals surface area contributed by atoms with Crippen molar-refractivity contribution in [3.8, 4) is 0 Å². The number of likely N-dealkylation sites (tertiary alicyclic amines) is 1. The molecule has 1 aromatic heterocycles. The fourth-order valence-corrected chi connectivity index (χ4v) is 2.59. The monoisotopic (exact) mass is 390 g/mol. The molecule has 2 rings (SSSR count). The molecule has 1 aromatic rings. The minimum Gasteiger partial charge on any atom is -0.341 e. The van der Waals surface area contributed by atoms with E-state index in [4.69, 9.17) is 0 Å². The highest BCUT2D eigenvalue weighted by molar-refractivity contribution is 9.10. The Kier molecular flexibility index (Phi) is 7.78. The summed E-state index contributed by atoms with van der Waals surface area (Å²) in [4.78, 5) is 30.0. The van der Waals surface area contributed by atoms with Gasteiger partial charge < -0.3 is 15.5 Å². The third-order valence-corrected chi connectivity index (χ3v) is 3.92. The lowest BCUT2D eigenvalue weighted by Gasteiger charge is -2.32.